The molecule has 0 aliphatic carbocycles. The smallest absolute Gasteiger partial charge is 0.185 e. The average Bonchev–Trinajstić information content (AvgIpc) is 3.19. The van der Waals surface area contributed by atoms with Crippen molar-refractivity contribution in [1.82, 2.24) is 9.78 Å². The van der Waals surface area contributed by atoms with Gasteiger partial charge in [0.15, 0.2) is 5.78 Å². The van der Waals surface area contributed by atoms with Crippen LogP contribution in [-0.4, -0.2) is 22.7 Å². The molecule has 0 unspecified atom stereocenters. The highest BCUT2D eigenvalue weighted by Crippen LogP contribution is 2.22. The Hall–Kier alpha value is -3.14. The molecular weight excluding hydrogens is 336 g/mol. The van der Waals surface area contributed by atoms with Crippen LogP contribution in [0.2, 0.25) is 0 Å². The fourth-order valence-corrected chi connectivity index (χ4v) is 2.89. The van der Waals surface area contributed by atoms with Crippen LogP contribution in [0, 0.1) is 0 Å². The number of nitrogens with zero attached hydrogens (tertiary/aromatic N) is 2. The molecule has 27 heavy (non-hydrogen) atoms. The maximum absolute atomic E-state index is 12.4. The van der Waals surface area contributed by atoms with Gasteiger partial charge in [-0.25, -0.2) is 0 Å². The van der Waals surface area contributed by atoms with Gasteiger partial charge >= 0.3 is 0 Å². The van der Waals surface area contributed by atoms with E-state index in [-0.39, 0.29) is 5.78 Å². The van der Waals surface area contributed by atoms with E-state index in [4.69, 9.17) is 4.74 Å². The third-order valence-corrected chi connectivity index (χ3v) is 4.49. The molecule has 0 N–H and O–H groups in total. The van der Waals surface area contributed by atoms with Gasteiger partial charge in [-0.3, -0.25) is 9.48 Å². The maximum Gasteiger partial charge on any atom is 0.185 e. The van der Waals surface area contributed by atoms with E-state index in [0.717, 1.165) is 16.9 Å². The Labute approximate surface area is 160 Å². The lowest BCUT2D eigenvalue weighted by molar-refractivity contribution is 0.104. The first-order valence-corrected chi connectivity index (χ1v) is 9.03. The summed E-state index contributed by atoms with van der Waals surface area (Å²) in [6.45, 7) is 4.89. The molecule has 0 saturated heterocycles. The number of ketones is 1. The van der Waals surface area contributed by atoms with Crippen molar-refractivity contribution in [2.75, 3.05) is 7.11 Å². The lowest BCUT2D eigenvalue weighted by Gasteiger charge is -2.10. The molecule has 1 heterocycles. The van der Waals surface area contributed by atoms with Crippen LogP contribution in [0.3, 0.4) is 0 Å². The first kappa shape index (κ1) is 18.6. The Morgan fingerprint density at radius 2 is 1.96 bits per heavy atom. The molecule has 0 bridgehead atoms. The van der Waals surface area contributed by atoms with Gasteiger partial charge in [-0.1, -0.05) is 50.3 Å². The zero-order valence-electron chi connectivity index (χ0n) is 15.9. The maximum atomic E-state index is 12.4. The van der Waals surface area contributed by atoms with Gasteiger partial charge in [-0.05, 0) is 41.3 Å². The van der Waals surface area contributed by atoms with Crippen LogP contribution in [0.4, 0.5) is 0 Å². The van der Waals surface area contributed by atoms with E-state index >= 15 is 0 Å². The SMILES string of the molecule is COc1ccc(/C=C/C(=O)c2ccc(C(C)C)cc2)cc1Cn1cccn1. The van der Waals surface area contributed by atoms with Crippen molar-refractivity contribution in [2.45, 2.75) is 26.3 Å². The molecule has 0 amide bonds. The second-order valence-corrected chi connectivity index (χ2v) is 6.75. The van der Waals surface area contributed by atoms with Crippen molar-refractivity contribution >= 4 is 11.9 Å². The lowest BCUT2D eigenvalue weighted by Crippen LogP contribution is -2.02. The normalized spacial score (nSPS) is 11.3. The number of methoxy groups -OCH3 is 1. The van der Waals surface area contributed by atoms with Crippen molar-refractivity contribution in [3.8, 4) is 5.75 Å². The molecule has 0 radical (unpaired) electrons. The number of ether oxygens (including phenoxy) is 1. The first-order valence-electron chi connectivity index (χ1n) is 9.03. The monoisotopic (exact) mass is 360 g/mol. The number of aromatic nitrogens is 2. The fourth-order valence-electron chi connectivity index (χ4n) is 2.89. The van der Waals surface area contributed by atoms with Gasteiger partial charge < -0.3 is 4.74 Å². The third kappa shape index (κ3) is 4.73. The molecule has 3 rings (SSSR count). The predicted octanol–water partition coefficient (Wildman–Crippen LogP) is 4.96. The highest BCUT2D eigenvalue weighted by molar-refractivity contribution is 6.06. The van der Waals surface area contributed by atoms with E-state index in [1.165, 1.54) is 5.56 Å². The van der Waals surface area contributed by atoms with Crippen LogP contribution in [0.25, 0.3) is 6.08 Å². The van der Waals surface area contributed by atoms with Crippen molar-refractivity contribution in [2.24, 2.45) is 0 Å². The van der Waals surface area contributed by atoms with Crippen molar-refractivity contribution < 1.29 is 9.53 Å². The van der Waals surface area contributed by atoms with Crippen LogP contribution >= 0.6 is 0 Å². The Kier molecular flexibility index (Phi) is 5.87. The second kappa shape index (κ2) is 8.49. The first-order chi connectivity index (χ1) is 13.1. The van der Waals surface area contributed by atoms with Crippen LogP contribution in [0.15, 0.2) is 67.0 Å². The minimum atomic E-state index is -0.00486. The molecule has 0 atom stereocenters. The Morgan fingerprint density at radius 1 is 1.19 bits per heavy atom. The van der Waals surface area contributed by atoms with E-state index in [2.05, 4.69) is 18.9 Å². The minimum Gasteiger partial charge on any atom is -0.496 e. The second-order valence-electron chi connectivity index (χ2n) is 6.75. The molecule has 2 aromatic carbocycles. The summed E-state index contributed by atoms with van der Waals surface area (Å²) < 4.78 is 7.28. The standard InChI is InChI=1S/C23H24N2O2/c1-17(2)19-7-9-20(10-8-19)22(26)11-5-18-6-12-23(27-3)21(15-18)16-25-14-4-13-24-25/h4-15,17H,16H2,1-3H3/b11-5+. The Morgan fingerprint density at radius 3 is 2.59 bits per heavy atom. The number of benzene rings is 2. The van der Waals surface area contributed by atoms with Crippen LogP contribution in [0.1, 0.15) is 46.8 Å². The number of rotatable bonds is 7. The van der Waals surface area contributed by atoms with Gasteiger partial charge in [0.1, 0.15) is 5.75 Å². The number of hydrogen-bond acceptors (Lipinski definition) is 3. The van der Waals surface area contributed by atoms with Gasteiger partial charge in [0.25, 0.3) is 0 Å². The molecule has 0 saturated carbocycles. The van der Waals surface area contributed by atoms with E-state index in [9.17, 15) is 4.79 Å². The van der Waals surface area contributed by atoms with Gasteiger partial charge in [-0.15, -0.1) is 0 Å². The van der Waals surface area contributed by atoms with Crippen LogP contribution in [0.5, 0.6) is 5.75 Å². The summed E-state index contributed by atoms with van der Waals surface area (Å²) in [5, 5.41) is 4.24. The number of carbonyl (C=O) groups excluding carboxylic acids is 1. The Bertz CT molecular complexity index is 924. The highest BCUT2D eigenvalue weighted by atomic mass is 16.5. The summed E-state index contributed by atoms with van der Waals surface area (Å²) >= 11 is 0. The molecular formula is C23H24N2O2. The summed E-state index contributed by atoms with van der Waals surface area (Å²) in [5.74, 6) is 1.25. The molecule has 3 aromatic rings. The van der Waals surface area contributed by atoms with E-state index < -0.39 is 0 Å². The highest BCUT2D eigenvalue weighted by Gasteiger charge is 2.06. The quantitative estimate of drug-likeness (QED) is 0.442. The fraction of sp³-hybridized carbons (Fsp3) is 0.217. The number of carbonyl (C=O) groups is 1. The summed E-state index contributed by atoms with van der Waals surface area (Å²) in [6.07, 6.45) is 7.11. The van der Waals surface area contributed by atoms with Crippen LogP contribution < -0.4 is 4.74 Å². The lowest BCUT2D eigenvalue weighted by atomic mass is 10.00. The minimum absolute atomic E-state index is 0.00486. The Balaban J connectivity index is 1.76. The number of allylic oxidation sites excluding steroid dienone is 1. The zero-order valence-corrected chi connectivity index (χ0v) is 15.9. The molecule has 0 spiro atoms. The van der Waals surface area contributed by atoms with Crippen molar-refractivity contribution in [3.63, 3.8) is 0 Å². The van der Waals surface area contributed by atoms with Gasteiger partial charge in [-0.2, -0.15) is 5.10 Å². The molecule has 0 aliphatic heterocycles. The summed E-state index contributed by atoms with van der Waals surface area (Å²) in [4.78, 5) is 12.4. The van der Waals surface area contributed by atoms with E-state index in [0.29, 0.717) is 18.0 Å². The molecule has 0 aliphatic rings. The van der Waals surface area contributed by atoms with Crippen molar-refractivity contribution in [1.29, 1.82) is 0 Å². The largest absolute Gasteiger partial charge is 0.496 e. The summed E-state index contributed by atoms with van der Waals surface area (Å²) in [7, 11) is 1.65. The van der Waals surface area contributed by atoms with E-state index in [1.807, 2.05) is 65.5 Å². The predicted molar refractivity (Wildman–Crippen MR) is 108 cm³/mol. The average molecular weight is 360 g/mol. The van der Waals surface area contributed by atoms with E-state index in [1.54, 1.807) is 19.4 Å². The number of hydrogen-bond donors (Lipinski definition) is 0. The van der Waals surface area contributed by atoms with Crippen LogP contribution in [-0.2, 0) is 6.54 Å². The zero-order chi connectivity index (χ0) is 19.2. The summed E-state index contributed by atoms with van der Waals surface area (Å²) in [5.41, 5.74) is 3.89. The molecule has 4 nitrogen and oxygen atoms in total. The van der Waals surface area contributed by atoms with Gasteiger partial charge in [0.05, 0.1) is 13.7 Å². The topological polar surface area (TPSA) is 44.1 Å². The summed E-state index contributed by atoms with van der Waals surface area (Å²) in [6, 6.07) is 15.6. The molecule has 4 heteroatoms. The molecule has 1 aromatic heterocycles. The molecule has 0 fully saturated rings. The third-order valence-electron chi connectivity index (χ3n) is 4.49. The van der Waals surface area contributed by atoms with Gasteiger partial charge in [0, 0.05) is 23.5 Å². The molecule has 138 valence electrons. The van der Waals surface area contributed by atoms with Crippen molar-refractivity contribution in [3.05, 3.63) is 89.3 Å². The van der Waals surface area contributed by atoms with Gasteiger partial charge in [0.2, 0.25) is 0 Å².